The van der Waals surface area contributed by atoms with Crippen molar-refractivity contribution in [2.24, 2.45) is 11.7 Å². The number of nitrogens with two attached hydrogens (primary N) is 1. The average Bonchev–Trinajstić information content (AvgIpc) is 3.76. The number of benzene rings is 4. The van der Waals surface area contributed by atoms with Gasteiger partial charge in [0.1, 0.15) is 24.5 Å². The Balaban J connectivity index is 0.958. The number of urea groups is 1. The number of amides is 9. The molecule has 2 aliphatic rings. The van der Waals surface area contributed by atoms with Gasteiger partial charge < -0.3 is 41.5 Å². The summed E-state index contributed by atoms with van der Waals surface area (Å²) in [6.07, 6.45) is 2.32. The number of rotatable bonds is 21. The number of unbranched alkanes of at least 4 members (excludes halogenated alkanes) is 1. The van der Waals surface area contributed by atoms with Crippen molar-refractivity contribution < 1.29 is 52.3 Å². The zero-order chi connectivity index (χ0) is 56.0. The first-order valence-electron chi connectivity index (χ1n) is 25.2. The molecule has 2 atom stereocenters. The smallest absolute Gasteiger partial charge is 0.438 e. The molecule has 6 N–H and O–H groups in total. The Morgan fingerprint density at radius 3 is 2.09 bits per heavy atom. The molecule has 4 aromatic carbocycles. The summed E-state index contributed by atoms with van der Waals surface area (Å²) in [5.74, 6) is -4.34. The lowest BCUT2D eigenvalue weighted by molar-refractivity contribution is -0.136. The highest BCUT2D eigenvalue weighted by Gasteiger charge is 2.31. The van der Waals surface area contributed by atoms with Crippen LogP contribution in [0.1, 0.15) is 83.5 Å². The molecule has 0 saturated carbocycles. The third-order valence-electron chi connectivity index (χ3n) is 13.0. The zero-order valence-electron chi connectivity index (χ0n) is 42.8. The van der Waals surface area contributed by atoms with E-state index in [1.807, 2.05) is 6.07 Å². The number of aromatic nitrogens is 2. The quantitative estimate of drug-likeness (QED) is 0.0382. The third-order valence-corrected chi connectivity index (χ3v) is 13.7. The lowest BCUT2D eigenvalue weighted by Gasteiger charge is -2.35. The molecule has 23 heteroatoms. The number of carbonyl (C=O) groups excluding carboxylic acids is 9. The van der Waals surface area contributed by atoms with Crippen LogP contribution in [0.5, 0.6) is 0 Å². The van der Waals surface area contributed by atoms with Gasteiger partial charge in [0.15, 0.2) is 0 Å². The molecule has 7 rings (SSSR count). The molecule has 408 valence electrons. The van der Waals surface area contributed by atoms with E-state index in [0.717, 1.165) is 8.47 Å². The van der Waals surface area contributed by atoms with Crippen molar-refractivity contribution in [1.29, 1.82) is 0 Å². The van der Waals surface area contributed by atoms with Crippen LogP contribution >= 0.6 is 22.6 Å². The van der Waals surface area contributed by atoms with Crippen LogP contribution in [-0.2, 0) is 41.7 Å². The standard InChI is InChI=1S/C55H58FIN10O11/c1-33(2)48(62-45(68)14-5-6-24-66-46(69)21-22-47(66)70)50(72)61-43(13-8-23-59-54(58)76)49(71)60-38-18-15-34(16-19-38)32-78-55(77)67-53(75)40-12-4-3-11-39(40)44(63-67)30-35-17-20-42(56)41(29-35)52(74)65-27-25-64(26-28-65)51(73)36-9-7-10-37(57)31-36/h3-4,7,9-12,15-22,29,31,33,43,48H,5-6,8,13-14,23-28,30,32H2,1-2H3,(H,60,71)(H,61,72)(H,62,68)(H3,58,59,76)/t43-,48-/m0/s1. The summed E-state index contributed by atoms with van der Waals surface area (Å²) >= 11 is 2.14. The topological polar surface area (TPSA) is 282 Å². The largest absolute Gasteiger partial charge is 0.443 e. The fraction of sp³-hybridized carbons (Fsp3) is 0.327. The van der Waals surface area contributed by atoms with Gasteiger partial charge in [-0.15, -0.1) is 4.68 Å². The Morgan fingerprint density at radius 2 is 1.42 bits per heavy atom. The minimum Gasteiger partial charge on any atom is -0.443 e. The summed E-state index contributed by atoms with van der Waals surface area (Å²) in [5, 5.41) is 15.6. The molecular weight excluding hydrogens is 1120 g/mol. The molecule has 0 unspecified atom stereocenters. The van der Waals surface area contributed by atoms with E-state index in [-0.39, 0.29) is 94.1 Å². The third kappa shape index (κ3) is 15.0. The summed E-state index contributed by atoms with van der Waals surface area (Å²) < 4.78 is 22.4. The van der Waals surface area contributed by atoms with Crippen molar-refractivity contribution >= 4 is 92.5 Å². The summed E-state index contributed by atoms with van der Waals surface area (Å²) in [7, 11) is 0. The number of halogens is 2. The number of piperazine rings is 1. The van der Waals surface area contributed by atoms with E-state index in [1.54, 1.807) is 67.3 Å². The van der Waals surface area contributed by atoms with E-state index in [4.69, 9.17) is 10.5 Å². The Bertz CT molecular complexity index is 3200. The number of fused-ring (bicyclic) bond motifs is 1. The van der Waals surface area contributed by atoms with E-state index in [9.17, 15) is 47.9 Å². The van der Waals surface area contributed by atoms with Gasteiger partial charge in [-0.1, -0.05) is 56.3 Å². The number of ether oxygens (including phenoxy) is 1. The highest BCUT2D eigenvalue weighted by atomic mass is 127. The number of hydrogen-bond donors (Lipinski definition) is 5. The minimum atomic E-state index is -1.13. The van der Waals surface area contributed by atoms with Crippen LogP contribution in [0.3, 0.4) is 0 Å². The van der Waals surface area contributed by atoms with E-state index >= 15 is 4.39 Å². The predicted octanol–water partition coefficient (Wildman–Crippen LogP) is 4.62. The second-order valence-electron chi connectivity index (χ2n) is 18.9. The Labute approximate surface area is 461 Å². The van der Waals surface area contributed by atoms with Crippen LogP contribution in [0.4, 0.5) is 19.7 Å². The van der Waals surface area contributed by atoms with Crippen molar-refractivity contribution in [3.05, 3.63) is 151 Å². The van der Waals surface area contributed by atoms with E-state index in [1.165, 1.54) is 53.5 Å². The number of nitrogens with zero attached hydrogens (tertiary/aromatic N) is 5. The first-order valence-corrected chi connectivity index (χ1v) is 26.3. The summed E-state index contributed by atoms with van der Waals surface area (Å²) in [5.41, 5.74) is 6.34. The fourth-order valence-electron chi connectivity index (χ4n) is 8.79. The molecular formula is C55H58FIN10O11. The number of imide groups is 1. The maximum Gasteiger partial charge on any atom is 0.438 e. The van der Waals surface area contributed by atoms with Crippen LogP contribution in [0.2, 0.25) is 0 Å². The molecule has 1 fully saturated rings. The number of carbonyl (C=O) groups is 9. The van der Waals surface area contributed by atoms with Crippen LogP contribution in [-0.4, -0.2) is 129 Å². The van der Waals surface area contributed by atoms with Crippen molar-refractivity contribution in [2.45, 2.75) is 71.1 Å². The number of nitrogens with one attached hydrogen (secondary N) is 4. The molecule has 1 saturated heterocycles. The van der Waals surface area contributed by atoms with E-state index < -0.39 is 76.9 Å². The second kappa shape index (κ2) is 26.6. The molecule has 2 aliphatic heterocycles. The molecule has 0 spiro atoms. The average molecular weight is 1180 g/mol. The van der Waals surface area contributed by atoms with E-state index in [0.29, 0.717) is 45.3 Å². The Morgan fingerprint density at radius 1 is 0.756 bits per heavy atom. The zero-order valence-corrected chi connectivity index (χ0v) is 45.0. The lowest BCUT2D eigenvalue weighted by atomic mass is 10.0. The van der Waals surface area contributed by atoms with Gasteiger partial charge in [0.05, 0.1) is 16.6 Å². The van der Waals surface area contributed by atoms with Gasteiger partial charge >= 0.3 is 12.1 Å². The van der Waals surface area contributed by atoms with Gasteiger partial charge in [-0.3, -0.25) is 43.3 Å². The monoisotopic (exact) mass is 1180 g/mol. The van der Waals surface area contributed by atoms with Crippen molar-refractivity contribution in [1.82, 2.24) is 40.4 Å². The van der Waals surface area contributed by atoms with Crippen LogP contribution < -0.4 is 32.6 Å². The molecule has 78 heavy (non-hydrogen) atoms. The molecule has 0 aliphatic carbocycles. The predicted molar refractivity (Wildman–Crippen MR) is 292 cm³/mol. The SMILES string of the molecule is CC(C)[C@H](NC(=O)CCCCN1C(=O)C=CC1=O)C(=O)N[C@@H](CCCNC(N)=O)C(=O)Nc1ccc(COC(=O)n2nc(Cc3ccc(F)c(C(=O)N4CCN(C(=O)c5cccc(I)c5)CC4)c3)c3ccccc3c2=O)cc1. The van der Waals surface area contributed by atoms with Crippen molar-refractivity contribution in [3.8, 4) is 0 Å². The highest BCUT2D eigenvalue weighted by Crippen LogP contribution is 2.22. The first kappa shape index (κ1) is 57.4. The Hall–Kier alpha value is -8.35. The number of primary amides is 1. The maximum absolute atomic E-state index is 15.4. The molecule has 0 radical (unpaired) electrons. The summed E-state index contributed by atoms with van der Waals surface area (Å²) in [4.78, 5) is 134. The minimum absolute atomic E-state index is 0.00165. The molecule has 5 aromatic rings. The van der Waals surface area contributed by atoms with Gasteiger partial charge in [-0.2, -0.15) is 5.10 Å². The van der Waals surface area contributed by atoms with Crippen molar-refractivity contribution in [3.63, 3.8) is 0 Å². The summed E-state index contributed by atoms with van der Waals surface area (Å²) in [6, 6.07) is 21.1. The maximum atomic E-state index is 15.4. The molecule has 1 aromatic heterocycles. The van der Waals surface area contributed by atoms with Gasteiger partial charge in [0.25, 0.3) is 29.2 Å². The van der Waals surface area contributed by atoms with Crippen LogP contribution in [0.25, 0.3) is 10.8 Å². The molecule has 9 amide bonds. The number of anilines is 1. The lowest BCUT2D eigenvalue weighted by Crippen LogP contribution is -2.54. The molecule has 21 nitrogen and oxygen atoms in total. The normalized spacial score (nSPS) is 14.0. The second-order valence-corrected chi connectivity index (χ2v) is 20.2. The van der Waals surface area contributed by atoms with Crippen LogP contribution in [0.15, 0.2) is 108 Å². The highest BCUT2D eigenvalue weighted by molar-refractivity contribution is 14.1. The fourth-order valence-corrected chi connectivity index (χ4v) is 9.33. The van der Waals surface area contributed by atoms with E-state index in [2.05, 4.69) is 49.0 Å². The molecule has 3 heterocycles. The summed E-state index contributed by atoms with van der Waals surface area (Å²) in [6.45, 7) is 4.32. The molecule has 0 bridgehead atoms. The first-order chi connectivity index (χ1) is 37.4. The van der Waals surface area contributed by atoms with Gasteiger partial charge in [-0.05, 0) is 114 Å². The van der Waals surface area contributed by atoms with Gasteiger partial charge in [-0.25, -0.2) is 14.0 Å². The Kier molecular flexibility index (Phi) is 19.6. The number of hydrogen-bond acceptors (Lipinski definition) is 12. The van der Waals surface area contributed by atoms with Crippen molar-refractivity contribution in [2.75, 3.05) is 44.6 Å². The van der Waals surface area contributed by atoms with Crippen LogP contribution in [0, 0.1) is 15.3 Å². The van der Waals surface area contributed by atoms with Gasteiger partial charge in [0.2, 0.25) is 17.7 Å². The van der Waals surface area contributed by atoms with Gasteiger partial charge in [0, 0.05) is 84.5 Å².